The van der Waals surface area contributed by atoms with E-state index in [1.165, 1.54) is 4.68 Å². The zero-order valence-electron chi connectivity index (χ0n) is 16.1. The fourth-order valence-corrected chi connectivity index (χ4v) is 2.60. The molecule has 0 fully saturated rings. The van der Waals surface area contributed by atoms with E-state index in [1.54, 1.807) is 25.1 Å². The van der Waals surface area contributed by atoms with Crippen molar-refractivity contribution >= 4 is 5.91 Å². The summed E-state index contributed by atoms with van der Waals surface area (Å²) in [5.74, 6) is 0.761. The van der Waals surface area contributed by atoms with Crippen molar-refractivity contribution in [1.82, 2.24) is 15.1 Å². The van der Waals surface area contributed by atoms with Crippen LogP contribution in [0.15, 0.2) is 24.3 Å². The molecule has 0 saturated carbocycles. The molecule has 28 heavy (non-hydrogen) atoms. The average molecular weight is 399 g/mol. The van der Waals surface area contributed by atoms with Crippen LogP contribution in [0.2, 0.25) is 0 Å². The van der Waals surface area contributed by atoms with Crippen molar-refractivity contribution in [3.8, 4) is 11.5 Å². The highest BCUT2D eigenvalue weighted by atomic mass is 19.4. The highest BCUT2D eigenvalue weighted by Crippen LogP contribution is 2.29. The minimum absolute atomic E-state index is 0.273. The van der Waals surface area contributed by atoms with Gasteiger partial charge in [0.2, 0.25) is 0 Å². The van der Waals surface area contributed by atoms with Gasteiger partial charge in [0, 0.05) is 24.3 Å². The second kappa shape index (κ2) is 9.48. The Hall–Kier alpha value is -2.71. The highest BCUT2D eigenvalue weighted by molar-refractivity contribution is 5.94. The Balaban J connectivity index is 1.90. The number of amides is 1. The molecule has 0 bridgehead atoms. The van der Waals surface area contributed by atoms with Crippen LogP contribution in [0.5, 0.6) is 11.5 Å². The summed E-state index contributed by atoms with van der Waals surface area (Å²) in [6, 6.07) is 5.93. The van der Waals surface area contributed by atoms with Crippen LogP contribution in [0.25, 0.3) is 0 Å². The molecule has 154 valence electrons. The number of hydrogen-bond acceptors (Lipinski definition) is 4. The molecule has 2 rings (SSSR count). The highest BCUT2D eigenvalue weighted by Gasteiger charge is 2.34. The number of halogens is 3. The Morgan fingerprint density at radius 3 is 2.43 bits per heavy atom. The standard InChI is InChI=1S/C19H24F3N3O3/c1-4-27-15-8-7-14(12-16(15)28-5-2)18(26)23-9-6-10-25-13(3)11-17(24-25)19(20,21)22/h7-8,11-12H,4-6,9-10H2,1-3H3,(H,23,26). The number of aryl methyl sites for hydroxylation is 2. The lowest BCUT2D eigenvalue weighted by Crippen LogP contribution is -2.25. The fraction of sp³-hybridized carbons (Fsp3) is 0.474. The molecular weight excluding hydrogens is 375 g/mol. The van der Waals surface area contributed by atoms with Crippen molar-refractivity contribution in [1.29, 1.82) is 0 Å². The molecule has 0 aliphatic rings. The molecule has 1 amide bonds. The Kier molecular flexibility index (Phi) is 7.31. The zero-order valence-corrected chi connectivity index (χ0v) is 16.1. The number of nitrogens with zero attached hydrogens (tertiary/aromatic N) is 2. The predicted octanol–water partition coefficient (Wildman–Crippen LogP) is 3.83. The van der Waals surface area contributed by atoms with E-state index in [9.17, 15) is 18.0 Å². The summed E-state index contributed by atoms with van der Waals surface area (Å²) in [6.45, 7) is 6.75. The Morgan fingerprint density at radius 1 is 1.14 bits per heavy atom. The third-order valence-electron chi connectivity index (χ3n) is 3.91. The van der Waals surface area contributed by atoms with Crippen molar-refractivity contribution in [3.63, 3.8) is 0 Å². The van der Waals surface area contributed by atoms with E-state index < -0.39 is 11.9 Å². The van der Waals surface area contributed by atoms with E-state index in [2.05, 4.69) is 10.4 Å². The minimum Gasteiger partial charge on any atom is -0.490 e. The normalized spacial score (nSPS) is 11.4. The van der Waals surface area contributed by atoms with Gasteiger partial charge in [-0.05, 0) is 51.5 Å². The number of rotatable bonds is 9. The number of carbonyl (C=O) groups excluding carboxylic acids is 1. The van der Waals surface area contributed by atoms with Crippen LogP contribution in [0.1, 0.15) is 42.0 Å². The number of carbonyl (C=O) groups is 1. The van der Waals surface area contributed by atoms with Gasteiger partial charge in [0.25, 0.3) is 5.91 Å². The first kappa shape index (κ1) is 21.6. The van der Waals surface area contributed by atoms with Gasteiger partial charge < -0.3 is 14.8 Å². The maximum absolute atomic E-state index is 12.7. The van der Waals surface area contributed by atoms with E-state index in [0.717, 1.165) is 6.07 Å². The summed E-state index contributed by atoms with van der Waals surface area (Å²) in [4.78, 5) is 12.3. The largest absolute Gasteiger partial charge is 0.490 e. The first-order valence-corrected chi connectivity index (χ1v) is 9.05. The molecule has 2 aromatic rings. The molecule has 0 aliphatic heterocycles. The van der Waals surface area contributed by atoms with E-state index in [4.69, 9.17) is 9.47 Å². The molecule has 0 saturated heterocycles. The van der Waals surface area contributed by atoms with E-state index in [-0.39, 0.29) is 12.5 Å². The van der Waals surface area contributed by atoms with Crippen LogP contribution in [0, 0.1) is 6.92 Å². The zero-order chi connectivity index (χ0) is 20.7. The van der Waals surface area contributed by atoms with E-state index in [1.807, 2.05) is 13.8 Å². The van der Waals surface area contributed by atoms with Crippen LogP contribution >= 0.6 is 0 Å². The number of ether oxygens (including phenoxy) is 2. The summed E-state index contributed by atoms with van der Waals surface area (Å²) in [5, 5.41) is 6.31. The molecule has 0 unspecified atom stereocenters. The average Bonchev–Trinajstić information content (AvgIpc) is 3.01. The van der Waals surface area contributed by atoms with Crippen LogP contribution in [0.4, 0.5) is 13.2 Å². The summed E-state index contributed by atoms with van der Waals surface area (Å²) >= 11 is 0. The molecule has 0 radical (unpaired) electrons. The number of nitrogens with one attached hydrogen (secondary N) is 1. The van der Waals surface area contributed by atoms with Gasteiger partial charge in [0.15, 0.2) is 17.2 Å². The second-order valence-electron chi connectivity index (χ2n) is 6.03. The number of benzene rings is 1. The smallest absolute Gasteiger partial charge is 0.435 e. The molecule has 1 heterocycles. The van der Waals surface area contributed by atoms with Crippen LogP contribution in [0.3, 0.4) is 0 Å². The summed E-state index contributed by atoms with van der Waals surface area (Å²) in [6.07, 6.45) is -4.02. The molecule has 1 N–H and O–H groups in total. The Morgan fingerprint density at radius 2 is 1.82 bits per heavy atom. The molecule has 6 nitrogen and oxygen atoms in total. The minimum atomic E-state index is -4.46. The molecule has 1 aromatic heterocycles. The second-order valence-corrected chi connectivity index (χ2v) is 6.03. The maximum Gasteiger partial charge on any atom is 0.435 e. The van der Waals surface area contributed by atoms with Crippen LogP contribution in [-0.2, 0) is 12.7 Å². The Labute approximate surface area is 161 Å². The lowest BCUT2D eigenvalue weighted by atomic mass is 10.2. The number of hydrogen-bond donors (Lipinski definition) is 1. The lowest BCUT2D eigenvalue weighted by molar-refractivity contribution is -0.141. The lowest BCUT2D eigenvalue weighted by Gasteiger charge is -2.12. The SMILES string of the molecule is CCOc1ccc(C(=O)NCCCn2nc(C(F)(F)F)cc2C)cc1OCC. The monoisotopic (exact) mass is 399 g/mol. The van der Waals surface area contributed by atoms with Crippen molar-refractivity contribution in [3.05, 3.63) is 41.2 Å². The summed E-state index contributed by atoms with van der Waals surface area (Å²) < 4.78 is 50.3. The van der Waals surface area contributed by atoms with Gasteiger partial charge in [-0.3, -0.25) is 9.48 Å². The van der Waals surface area contributed by atoms with Crippen molar-refractivity contribution in [2.45, 2.75) is 39.9 Å². The fourth-order valence-electron chi connectivity index (χ4n) is 2.60. The van der Waals surface area contributed by atoms with Crippen LogP contribution in [-0.4, -0.2) is 35.4 Å². The molecular formula is C19H24F3N3O3. The molecule has 0 atom stereocenters. The van der Waals surface area contributed by atoms with Gasteiger partial charge in [-0.15, -0.1) is 0 Å². The quantitative estimate of drug-likeness (QED) is 0.651. The topological polar surface area (TPSA) is 65.4 Å². The van der Waals surface area contributed by atoms with Gasteiger partial charge in [-0.2, -0.15) is 18.3 Å². The number of alkyl halides is 3. The summed E-state index contributed by atoms with van der Waals surface area (Å²) in [5.41, 5.74) is -0.0695. The van der Waals surface area contributed by atoms with E-state index in [0.29, 0.717) is 48.9 Å². The third kappa shape index (κ3) is 5.64. The third-order valence-corrected chi connectivity index (χ3v) is 3.91. The predicted molar refractivity (Wildman–Crippen MR) is 97.7 cm³/mol. The molecule has 0 aliphatic carbocycles. The van der Waals surface area contributed by atoms with Crippen molar-refractivity contribution < 1.29 is 27.4 Å². The molecule has 1 aromatic carbocycles. The van der Waals surface area contributed by atoms with Gasteiger partial charge in [0.05, 0.1) is 13.2 Å². The van der Waals surface area contributed by atoms with Crippen LogP contribution < -0.4 is 14.8 Å². The Bertz CT molecular complexity index is 803. The van der Waals surface area contributed by atoms with Gasteiger partial charge in [-0.25, -0.2) is 0 Å². The molecule has 9 heteroatoms. The van der Waals surface area contributed by atoms with Gasteiger partial charge in [-0.1, -0.05) is 0 Å². The maximum atomic E-state index is 12.7. The van der Waals surface area contributed by atoms with Gasteiger partial charge >= 0.3 is 6.18 Å². The molecule has 0 spiro atoms. The van der Waals surface area contributed by atoms with Crippen molar-refractivity contribution in [2.24, 2.45) is 0 Å². The first-order valence-electron chi connectivity index (χ1n) is 9.05. The van der Waals surface area contributed by atoms with Crippen molar-refractivity contribution in [2.75, 3.05) is 19.8 Å². The van der Waals surface area contributed by atoms with Gasteiger partial charge in [0.1, 0.15) is 0 Å². The summed E-state index contributed by atoms with van der Waals surface area (Å²) in [7, 11) is 0. The van der Waals surface area contributed by atoms with E-state index >= 15 is 0 Å². The number of aromatic nitrogens is 2. The first-order chi connectivity index (χ1) is 13.3.